The lowest BCUT2D eigenvalue weighted by Crippen LogP contribution is -2.71. The Morgan fingerprint density at radius 2 is 0.733 bits per heavy atom. The number of aliphatic carboxylic acids is 2. The van der Waals surface area contributed by atoms with Crippen molar-refractivity contribution >= 4 is 41.5 Å². The molecule has 7 saturated heterocycles. The summed E-state index contributed by atoms with van der Waals surface area (Å²) in [6.45, 7) is -6.09. The average Bonchev–Trinajstić information content (AvgIpc) is 0.757. The second kappa shape index (κ2) is 42.5. The molecule has 0 bridgehead atoms. The monoisotopic (exact) mass is 1700 g/mol. The maximum atomic E-state index is 13.1. The lowest BCUT2D eigenvalue weighted by Gasteiger charge is -2.51. The summed E-state index contributed by atoms with van der Waals surface area (Å²) in [6, 6.07) is -9.16. The van der Waals surface area contributed by atoms with Crippen LogP contribution in [0.25, 0.3) is 0 Å². The molecule has 0 aromatic heterocycles. The number of carboxylic acid groups (broad SMARTS) is 2. The van der Waals surface area contributed by atoms with Crippen LogP contribution < -0.4 is 26.6 Å². The van der Waals surface area contributed by atoms with Crippen LogP contribution in [0.4, 0.5) is 0 Å². The minimum Gasteiger partial charge on any atom is -0.477 e. The molecule has 7 aliphatic heterocycles. The van der Waals surface area contributed by atoms with Crippen molar-refractivity contribution in [2.24, 2.45) is 0 Å². The number of carbonyl (C=O) groups is 7. The number of hydrogen-bond acceptors (Lipinski definition) is 45. The smallest absolute Gasteiger partial charge is 0.364 e. The molecule has 0 spiro atoms. The fraction of sp³-hybridized carbons (Fsp3) is 0.891. The number of carboxylic acids is 2. The second-order valence-electron chi connectivity index (χ2n) is 28.7. The van der Waals surface area contributed by atoms with E-state index in [9.17, 15) is 166 Å². The van der Waals surface area contributed by atoms with Crippen LogP contribution in [0.1, 0.15) is 47.5 Å². The largest absolute Gasteiger partial charge is 0.477 e. The number of carbonyl (C=O) groups excluding carboxylic acids is 5. The molecule has 5 amide bonds. The Morgan fingerprint density at radius 1 is 0.388 bits per heavy atom. The maximum Gasteiger partial charge on any atom is 0.364 e. The van der Waals surface area contributed by atoms with E-state index in [4.69, 9.17) is 66.3 Å². The lowest BCUT2D eigenvalue weighted by atomic mass is 9.88. The molecule has 0 unspecified atom stereocenters. The number of aliphatic hydroxyl groups excluding tert-OH is 24. The van der Waals surface area contributed by atoms with Crippen molar-refractivity contribution in [2.75, 3.05) is 59.5 Å². The topological polar surface area (TPSA) is 835 Å². The van der Waals surface area contributed by atoms with Crippen LogP contribution >= 0.6 is 0 Å². The van der Waals surface area contributed by atoms with Crippen molar-refractivity contribution < 1.29 is 233 Å². The number of amides is 5. The predicted octanol–water partition coefficient (Wildman–Crippen LogP) is -19.7. The molecule has 116 heavy (non-hydrogen) atoms. The van der Waals surface area contributed by atoms with E-state index < -0.39 is 364 Å². The molecule has 7 heterocycles. The van der Waals surface area contributed by atoms with Crippen LogP contribution in [0.5, 0.6) is 0 Å². The Kier molecular flexibility index (Phi) is 35.9. The van der Waals surface area contributed by atoms with Gasteiger partial charge in [-0.05, 0) is 0 Å². The van der Waals surface area contributed by atoms with Crippen molar-refractivity contribution in [2.45, 2.75) is 298 Å². The molecule has 670 valence electrons. The number of hydrogen-bond donors (Lipinski definition) is 31. The van der Waals surface area contributed by atoms with Crippen molar-refractivity contribution in [3.8, 4) is 0 Å². The first-order valence-electron chi connectivity index (χ1n) is 36.3. The van der Waals surface area contributed by atoms with Crippen LogP contribution in [0.15, 0.2) is 0 Å². The van der Waals surface area contributed by atoms with Gasteiger partial charge in [-0.2, -0.15) is 0 Å². The zero-order valence-electron chi connectivity index (χ0n) is 62.5. The van der Waals surface area contributed by atoms with E-state index in [0.717, 1.165) is 34.6 Å². The van der Waals surface area contributed by atoms with Gasteiger partial charge in [0.2, 0.25) is 29.5 Å². The highest BCUT2D eigenvalue weighted by molar-refractivity contribution is 5.78. The van der Waals surface area contributed by atoms with E-state index in [-0.39, 0.29) is 0 Å². The molecule has 0 aliphatic carbocycles. The fourth-order valence-electron chi connectivity index (χ4n) is 14.4. The summed E-state index contributed by atoms with van der Waals surface area (Å²) in [6.07, 6.45) is -77.2. The van der Waals surface area contributed by atoms with Gasteiger partial charge in [-0.25, -0.2) is 9.59 Å². The maximum absolute atomic E-state index is 13.1. The summed E-state index contributed by atoms with van der Waals surface area (Å²) >= 11 is 0. The van der Waals surface area contributed by atoms with Gasteiger partial charge in [0.1, 0.15) is 177 Å². The summed E-state index contributed by atoms with van der Waals surface area (Å²) in [5, 5.41) is 298. The van der Waals surface area contributed by atoms with Crippen molar-refractivity contribution in [1.82, 2.24) is 26.6 Å². The van der Waals surface area contributed by atoms with E-state index in [2.05, 4.69) is 26.6 Å². The summed E-state index contributed by atoms with van der Waals surface area (Å²) in [5.74, 6) is -15.4. The Hall–Kier alpha value is -5.23. The summed E-state index contributed by atoms with van der Waals surface area (Å²) in [4.78, 5) is 88.7. The molecule has 41 atom stereocenters. The quantitative estimate of drug-likeness (QED) is 0.0275. The van der Waals surface area contributed by atoms with Crippen molar-refractivity contribution in [3.05, 3.63) is 0 Å². The van der Waals surface area contributed by atoms with E-state index in [1.54, 1.807) is 0 Å². The molecule has 7 rings (SSSR count). The third-order valence-electron chi connectivity index (χ3n) is 20.2. The van der Waals surface area contributed by atoms with Gasteiger partial charge >= 0.3 is 11.9 Å². The molecule has 0 saturated carbocycles. The summed E-state index contributed by atoms with van der Waals surface area (Å²) < 4.78 is 80.8. The first-order valence-corrected chi connectivity index (χ1v) is 36.3. The normalized spacial score (nSPS) is 41.8. The van der Waals surface area contributed by atoms with Crippen LogP contribution in [0.2, 0.25) is 0 Å². The van der Waals surface area contributed by atoms with Gasteiger partial charge in [0.05, 0.1) is 89.8 Å². The molecule has 52 heteroatoms. The fourth-order valence-corrected chi connectivity index (χ4v) is 14.4. The Bertz CT molecular complexity index is 3180. The minimum absolute atomic E-state index is 0.859. The van der Waals surface area contributed by atoms with Gasteiger partial charge in [-0.15, -0.1) is 0 Å². The Labute approximate surface area is 656 Å². The lowest BCUT2D eigenvalue weighted by molar-refractivity contribution is -0.389. The number of nitrogens with one attached hydrogen (secondary N) is 5. The van der Waals surface area contributed by atoms with Gasteiger partial charge in [0, 0.05) is 47.5 Å². The van der Waals surface area contributed by atoms with E-state index >= 15 is 0 Å². The van der Waals surface area contributed by atoms with Crippen LogP contribution in [0, 0.1) is 0 Å². The van der Waals surface area contributed by atoms with Gasteiger partial charge in [0.15, 0.2) is 31.5 Å². The minimum atomic E-state index is -3.29. The molecular weight excluding hydrogens is 1590 g/mol. The van der Waals surface area contributed by atoms with E-state index in [1.165, 1.54) is 0 Å². The van der Waals surface area contributed by atoms with Crippen LogP contribution in [-0.2, 0) is 99.9 Å². The van der Waals surface area contributed by atoms with Crippen molar-refractivity contribution in [3.63, 3.8) is 0 Å². The molecule has 31 N–H and O–H groups in total. The standard InChI is InChI=1S/C64H107N5O47/c1-17(78)65-22(8-70)48(109-59-46(97)54(40(91)28(11-73)104-59)115-63(61(99)100)6-23(83)33(66-18(2)79)52(113-63)37(88)25(85)9-71)39(90)27(87)16-103-56-35(68-20(4)81)42(93)49(30(13-75)106-56)111-58-45(96)44(95)51(32(15-77)108-58)110-57-36(69-21(5)82)43(94)50(31(14-76)107-57)112-60-47(98)55(41(92)29(12-74)105-60)116-64(62(101)102)7-24(84)34(67-19(3)80)53(114-64)38(89)26(86)10-72/h22-60,70-77,83-98H,6-16H2,1-5H3,(H,65,78)(H,66,79)(H,67,80)(H,68,81)(H,69,82)(H,99,100)(H,101,102)/t22-,23-,24-,25+,26+,27+,28+,29+,30+,31+,32+,33+,34+,35+,36+,37+,38+,39-,40-,41-,42+,43+,44+,45+,46+,47+,48+,49+,50+,51-,52+,53+,54-,55-,56+,57-,58-,59-,60-,63-,64-/m0/s1. The first-order chi connectivity index (χ1) is 54.5. The second-order valence-corrected chi connectivity index (χ2v) is 28.7. The Morgan fingerprint density at radius 3 is 1.11 bits per heavy atom. The molecule has 52 nitrogen and oxygen atoms in total. The third-order valence-corrected chi connectivity index (χ3v) is 20.2. The van der Waals surface area contributed by atoms with Crippen molar-refractivity contribution in [1.29, 1.82) is 0 Å². The number of aliphatic hydroxyl groups is 24. The highest BCUT2D eigenvalue weighted by atomic mass is 16.8. The van der Waals surface area contributed by atoms with Gasteiger partial charge < -0.3 is 226 Å². The molecule has 7 aliphatic rings. The SMILES string of the molecule is CC(=O)N[C@H]1[C@H](OC[C@@H](O)[C@H](O)[C@H](O[C@@H]2O[C@H](CO)[C@H](O)[C@H](O[C@]3(C(=O)O)C[C@H](O)[C@@H](NC(C)=O)[C@H]([C@H](O)[C@H](O)CO)O3)[C@H]2O)[C@H](CO)NC(C)=O)O[C@H](CO)[C@@H](O[C@@H]2O[C@H](CO)[C@H](O[C@@H]3O[C@H](CO)[C@@H](O[C@@H]4O[C@H](CO)[C@H](O)[C@H](O[C@]5(C(=O)O)C[C@H](O)[C@@H](NC(C)=O)[C@H]([C@H](O)[C@H](O)CO)O5)[C@H]4O)[C@H](O)[C@H]3NC(C)=O)[C@H](O)[C@H]2O)[C@@H]1O. The third kappa shape index (κ3) is 22.3. The molecule has 7 fully saturated rings. The highest BCUT2D eigenvalue weighted by Gasteiger charge is 2.64. The van der Waals surface area contributed by atoms with Crippen LogP contribution in [0.3, 0.4) is 0 Å². The van der Waals surface area contributed by atoms with Crippen LogP contribution in [-0.4, -0.2) is 484 Å². The Balaban J connectivity index is 1.06. The van der Waals surface area contributed by atoms with E-state index in [0.29, 0.717) is 0 Å². The average molecular weight is 1700 g/mol. The summed E-state index contributed by atoms with van der Waals surface area (Å²) in [5.41, 5.74) is 0. The number of ether oxygens (including phenoxy) is 14. The first kappa shape index (κ1) is 97.9. The zero-order valence-corrected chi connectivity index (χ0v) is 62.5. The molecule has 0 aromatic carbocycles. The highest BCUT2D eigenvalue weighted by Crippen LogP contribution is 2.42. The molecule has 0 radical (unpaired) electrons. The van der Waals surface area contributed by atoms with E-state index in [1.807, 2.05) is 0 Å². The van der Waals surface area contributed by atoms with Gasteiger partial charge in [-0.3, -0.25) is 24.0 Å². The molecular formula is C64H107N5O47. The van der Waals surface area contributed by atoms with Gasteiger partial charge in [-0.1, -0.05) is 0 Å². The zero-order chi connectivity index (χ0) is 86.8. The predicted molar refractivity (Wildman–Crippen MR) is 359 cm³/mol. The molecule has 0 aromatic rings. The van der Waals surface area contributed by atoms with Gasteiger partial charge in [0.25, 0.3) is 11.6 Å². The number of rotatable bonds is 37. The summed E-state index contributed by atoms with van der Waals surface area (Å²) in [7, 11) is 0.